The van der Waals surface area contributed by atoms with Gasteiger partial charge in [-0.25, -0.2) is 0 Å². The van der Waals surface area contributed by atoms with Gasteiger partial charge in [-0.15, -0.1) is 11.3 Å². The van der Waals surface area contributed by atoms with E-state index in [9.17, 15) is 14.4 Å². The highest BCUT2D eigenvalue weighted by Gasteiger charge is 2.24. The topological polar surface area (TPSA) is 73.5 Å². The highest BCUT2D eigenvalue weighted by Crippen LogP contribution is 2.30. The van der Waals surface area contributed by atoms with Gasteiger partial charge < -0.3 is 14.8 Å². The fourth-order valence-corrected chi connectivity index (χ4v) is 4.45. The Bertz CT molecular complexity index is 1170. The second kappa shape index (κ2) is 9.32. The second-order valence-electron chi connectivity index (χ2n) is 7.10. The summed E-state index contributed by atoms with van der Waals surface area (Å²) >= 11 is 7.65. The fraction of sp³-hybridized carbons (Fsp3) is 0.174. The number of carbonyl (C=O) groups is 2. The molecule has 0 aliphatic carbocycles. The fourth-order valence-electron chi connectivity index (χ4n) is 3.35. The summed E-state index contributed by atoms with van der Waals surface area (Å²) in [5.74, 6) is -0.222. The lowest BCUT2D eigenvalue weighted by molar-refractivity contribution is -0.127. The summed E-state index contributed by atoms with van der Waals surface area (Å²) in [7, 11) is 0. The molecule has 1 aliphatic rings. The molecule has 3 heterocycles. The monoisotopic (exact) mass is 453 g/mol. The van der Waals surface area contributed by atoms with E-state index in [2.05, 4.69) is 4.98 Å². The van der Waals surface area contributed by atoms with Crippen LogP contribution in [0.15, 0.2) is 65.6 Å². The van der Waals surface area contributed by atoms with Crippen molar-refractivity contribution in [1.29, 1.82) is 0 Å². The molecule has 0 spiro atoms. The maximum Gasteiger partial charge on any atom is 0.255 e. The Labute approximate surface area is 188 Å². The van der Waals surface area contributed by atoms with Crippen LogP contribution in [0, 0.1) is 0 Å². The van der Waals surface area contributed by atoms with Gasteiger partial charge in [0.15, 0.2) is 0 Å². The van der Waals surface area contributed by atoms with Crippen LogP contribution in [-0.4, -0.2) is 52.8 Å². The molecular weight excluding hydrogens is 434 g/mol. The van der Waals surface area contributed by atoms with Crippen molar-refractivity contribution in [2.45, 2.75) is 0 Å². The summed E-state index contributed by atoms with van der Waals surface area (Å²) in [6.45, 7) is 1.85. The van der Waals surface area contributed by atoms with E-state index in [1.807, 2.05) is 42.5 Å². The maximum atomic E-state index is 12.6. The number of thiophene rings is 1. The van der Waals surface area contributed by atoms with Crippen LogP contribution in [0.1, 0.15) is 15.2 Å². The quantitative estimate of drug-likeness (QED) is 0.611. The molecule has 6 nitrogen and oxygen atoms in total. The molecule has 0 unspecified atom stereocenters. The lowest BCUT2D eigenvalue weighted by Gasteiger charge is -2.34. The van der Waals surface area contributed by atoms with Crippen molar-refractivity contribution < 1.29 is 9.59 Å². The second-order valence-corrected chi connectivity index (χ2v) is 8.66. The molecule has 3 aromatic rings. The molecule has 1 aliphatic heterocycles. The number of rotatable bonds is 4. The molecule has 1 N–H and O–H groups in total. The molecule has 8 heteroatoms. The summed E-state index contributed by atoms with van der Waals surface area (Å²) in [6, 6.07) is 14.5. The van der Waals surface area contributed by atoms with Crippen LogP contribution in [0.4, 0.5) is 0 Å². The van der Waals surface area contributed by atoms with Crippen molar-refractivity contribution in [2.75, 3.05) is 26.2 Å². The zero-order valence-corrected chi connectivity index (χ0v) is 18.2. The van der Waals surface area contributed by atoms with Crippen molar-refractivity contribution in [1.82, 2.24) is 14.8 Å². The van der Waals surface area contributed by atoms with Gasteiger partial charge in [-0.1, -0.05) is 23.7 Å². The molecule has 4 rings (SSSR count). The maximum absolute atomic E-state index is 12.6. The number of halogens is 1. The Balaban J connectivity index is 1.33. The van der Waals surface area contributed by atoms with E-state index in [0.29, 0.717) is 36.8 Å². The van der Waals surface area contributed by atoms with Gasteiger partial charge in [0.05, 0.1) is 5.56 Å². The first-order valence-corrected chi connectivity index (χ1v) is 11.0. The normalized spacial score (nSPS) is 14.2. The van der Waals surface area contributed by atoms with Gasteiger partial charge in [-0.2, -0.15) is 0 Å². The molecule has 0 saturated carbocycles. The van der Waals surface area contributed by atoms with Gasteiger partial charge >= 0.3 is 0 Å². The van der Waals surface area contributed by atoms with Crippen molar-refractivity contribution in [2.24, 2.45) is 0 Å². The van der Waals surface area contributed by atoms with Crippen LogP contribution < -0.4 is 5.56 Å². The average molecular weight is 454 g/mol. The molecule has 0 bridgehead atoms. The number of nitrogens with one attached hydrogen (secondary N) is 1. The largest absolute Gasteiger partial charge is 0.336 e. The summed E-state index contributed by atoms with van der Waals surface area (Å²) in [4.78, 5) is 44.2. The van der Waals surface area contributed by atoms with E-state index in [1.165, 1.54) is 18.3 Å². The van der Waals surface area contributed by atoms with E-state index < -0.39 is 0 Å². The van der Waals surface area contributed by atoms with Crippen LogP contribution in [0.5, 0.6) is 0 Å². The minimum atomic E-state index is -0.246. The highest BCUT2D eigenvalue weighted by molar-refractivity contribution is 7.16. The Kier molecular flexibility index (Phi) is 6.34. The number of amides is 2. The number of nitrogens with zero attached hydrogens (tertiary/aromatic N) is 2. The van der Waals surface area contributed by atoms with Crippen molar-refractivity contribution in [3.8, 4) is 10.4 Å². The lowest BCUT2D eigenvalue weighted by atomic mass is 10.2. The first-order valence-electron chi connectivity index (χ1n) is 9.80. The SMILES string of the molecule is O=C(/C=C/c1ccc(-c2cccc(Cl)c2)s1)N1CCN(C(=O)c2ccc(=O)[nH]c2)CC1. The van der Waals surface area contributed by atoms with Crippen LogP contribution in [0.2, 0.25) is 5.02 Å². The van der Waals surface area contributed by atoms with E-state index in [1.54, 1.807) is 27.2 Å². The minimum absolute atomic E-state index is 0.0751. The number of H-pyrrole nitrogens is 1. The molecule has 1 fully saturated rings. The molecular formula is C23H20ClN3O3S. The summed E-state index contributed by atoms with van der Waals surface area (Å²) in [6.07, 6.45) is 4.81. The summed E-state index contributed by atoms with van der Waals surface area (Å²) in [5, 5.41) is 0.691. The third-order valence-corrected chi connectivity index (χ3v) is 6.37. The van der Waals surface area contributed by atoms with Gasteiger partial charge in [0, 0.05) is 59.3 Å². The number of hydrogen-bond donors (Lipinski definition) is 1. The predicted molar refractivity (Wildman–Crippen MR) is 123 cm³/mol. The summed E-state index contributed by atoms with van der Waals surface area (Å²) in [5.41, 5.74) is 1.24. The van der Waals surface area contributed by atoms with E-state index in [0.717, 1.165) is 15.3 Å². The molecule has 158 valence electrons. The van der Waals surface area contributed by atoms with Gasteiger partial charge in [0.1, 0.15) is 0 Å². The number of piperazine rings is 1. The first-order chi connectivity index (χ1) is 15.0. The number of carbonyl (C=O) groups excluding carboxylic acids is 2. The Morgan fingerprint density at radius 1 is 1.00 bits per heavy atom. The van der Waals surface area contributed by atoms with E-state index in [-0.39, 0.29) is 17.4 Å². The van der Waals surface area contributed by atoms with Crippen molar-refractivity contribution >= 4 is 40.8 Å². The number of pyridine rings is 1. The standard InChI is InChI=1S/C23H20ClN3O3S/c24-18-3-1-2-16(14-18)20-7-5-19(31-20)6-9-22(29)26-10-12-27(13-11-26)23(30)17-4-8-21(28)25-15-17/h1-9,14-15H,10-13H2,(H,25,28)/b9-6+. The zero-order valence-electron chi connectivity index (χ0n) is 16.6. The Morgan fingerprint density at radius 2 is 1.77 bits per heavy atom. The Morgan fingerprint density at radius 3 is 2.48 bits per heavy atom. The molecule has 31 heavy (non-hydrogen) atoms. The van der Waals surface area contributed by atoms with Gasteiger partial charge in [-0.05, 0) is 42.0 Å². The van der Waals surface area contributed by atoms with Crippen molar-refractivity contribution in [3.63, 3.8) is 0 Å². The third-order valence-electron chi connectivity index (χ3n) is 5.04. The van der Waals surface area contributed by atoms with Crippen LogP contribution in [0.3, 0.4) is 0 Å². The van der Waals surface area contributed by atoms with E-state index in [4.69, 9.17) is 11.6 Å². The minimum Gasteiger partial charge on any atom is -0.336 e. The third kappa shape index (κ3) is 5.13. The Hall–Kier alpha value is -3.16. The molecule has 0 radical (unpaired) electrons. The molecule has 2 aromatic heterocycles. The molecule has 1 saturated heterocycles. The lowest BCUT2D eigenvalue weighted by Crippen LogP contribution is -2.50. The summed E-state index contributed by atoms with van der Waals surface area (Å²) < 4.78 is 0. The zero-order chi connectivity index (χ0) is 21.8. The van der Waals surface area contributed by atoms with Gasteiger partial charge in [-0.3, -0.25) is 14.4 Å². The van der Waals surface area contributed by atoms with Crippen LogP contribution in [-0.2, 0) is 4.79 Å². The average Bonchev–Trinajstić information content (AvgIpc) is 3.27. The van der Waals surface area contributed by atoms with E-state index >= 15 is 0 Å². The molecule has 0 atom stereocenters. The molecule has 1 aromatic carbocycles. The van der Waals surface area contributed by atoms with Crippen LogP contribution >= 0.6 is 22.9 Å². The molecule has 2 amide bonds. The number of aromatic nitrogens is 1. The van der Waals surface area contributed by atoms with Gasteiger partial charge in [0.25, 0.3) is 5.91 Å². The number of hydrogen-bond acceptors (Lipinski definition) is 4. The van der Waals surface area contributed by atoms with Gasteiger partial charge in [0.2, 0.25) is 11.5 Å². The van der Waals surface area contributed by atoms with Crippen molar-refractivity contribution in [3.05, 3.63) is 86.6 Å². The number of benzene rings is 1. The predicted octanol–water partition coefficient (Wildman–Crippen LogP) is 3.75. The highest BCUT2D eigenvalue weighted by atomic mass is 35.5. The van der Waals surface area contributed by atoms with Crippen LogP contribution in [0.25, 0.3) is 16.5 Å². The number of aromatic amines is 1. The first kappa shape index (κ1) is 21.1. The smallest absolute Gasteiger partial charge is 0.255 e.